The number of carbonyl (C=O) groups excluding carboxylic acids is 1. The van der Waals surface area contributed by atoms with Gasteiger partial charge < -0.3 is 14.0 Å². The van der Waals surface area contributed by atoms with Gasteiger partial charge in [-0.2, -0.15) is 5.10 Å². The second-order valence-corrected chi connectivity index (χ2v) is 6.13. The molecule has 1 N–H and O–H groups in total. The number of hydrogen-bond donors (Lipinski definition) is 1. The first-order chi connectivity index (χ1) is 14.1. The molecule has 9 nitrogen and oxygen atoms in total. The number of carbonyl (C=O) groups is 1. The molecular weight excluding hydrogens is 376 g/mol. The molecule has 0 saturated carbocycles. The molecule has 146 valence electrons. The van der Waals surface area contributed by atoms with Crippen molar-refractivity contribution in [2.24, 2.45) is 5.10 Å². The molecule has 0 bridgehead atoms. The van der Waals surface area contributed by atoms with E-state index in [1.807, 2.05) is 6.07 Å². The zero-order valence-corrected chi connectivity index (χ0v) is 15.1. The number of amides is 1. The van der Waals surface area contributed by atoms with Crippen LogP contribution in [0.15, 0.2) is 65.9 Å². The van der Waals surface area contributed by atoms with Crippen molar-refractivity contribution in [3.8, 4) is 17.2 Å². The van der Waals surface area contributed by atoms with Crippen LogP contribution < -0.4 is 14.9 Å². The third-order valence-corrected chi connectivity index (χ3v) is 4.29. The second-order valence-electron chi connectivity index (χ2n) is 6.13. The SMILES string of the molecule is O=C(N/N=C/c1cccn1-c1ccc([N+](=O)[O-])cc1)c1ccc2c(c1)OCCO2. The van der Waals surface area contributed by atoms with E-state index in [9.17, 15) is 14.9 Å². The van der Waals surface area contributed by atoms with E-state index >= 15 is 0 Å². The summed E-state index contributed by atoms with van der Waals surface area (Å²) in [5.74, 6) is 0.754. The summed E-state index contributed by atoms with van der Waals surface area (Å²) in [7, 11) is 0. The van der Waals surface area contributed by atoms with Gasteiger partial charge in [0.25, 0.3) is 11.6 Å². The topological polar surface area (TPSA) is 108 Å². The number of hydrazone groups is 1. The zero-order chi connectivity index (χ0) is 20.2. The summed E-state index contributed by atoms with van der Waals surface area (Å²) < 4.78 is 12.7. The monoisotopic (exact) mass is 392 g/mol. The van der Waals surface area contributed by atoms with Gasteiger partial charge in [-0.1, -0.05) is 0 Å². The Morgan fingerprint density at radius 1 is 1.10 bits per heavy atom. The average Bonchev–Trinajstić information content (AvgIpc) is 3.22. The van der Waals surface area contributed by atoms with E-state index in [1.54, 1.807) is 47.2 Å². The van der Waals surface area contributed by atoms with E-state index in [2.05, 4.69) is 10.5 Å². The minimum atomic E-state index is -0.449. The van der Waals surface area contributed by atoms with E-state index in [0.29, 0.717) is 36.0 Å². The summed E-state index contributed by atoms with van der Waals surface area (Å²) in [5.41, 5.74) is 4.33. The van der Waals surface area contributed by atoms with Gasteiger partial charge >= 0.3 is 0 Å². The fourth-order valence-corrected chi connectivity index (χ4v) is 2.88. The van der Waals surface area contributed by atoms with Gasteiger partial charge in [0.2, 0.25) is 0 Å². The van der Waals surface area contributed by atoms with Crippen LogP contribution in [0.4, 0.5) is 5.69 Å². The van der Waals surface area contributed by atoms with E-state index in [1.165, 1.54) is 18.3 Å². The van der Waals surface area contributed by atoms with Crippen LogP contribution in [-0.4, -0.2) is 34.8 Å². The van der Waals surface area contributed by atoms with Crippen molar-refractivity contribution in [1.82, 2.24) is 9.99 Å². The highest BCUT2D eigenvalue weighted by atomic mass is 16.6. The number of non-ortho nitro benzene ring substituents is 1. The number of aromatic nitrogens is 1. The van der Waals surface area contributed by atoms with E-state index < -0.39 is 4.92 Å². The highest BCUT2D eigenvalue weighted by Gasteiger charge is 2.14. The van der Waals surface area contributed by atoms with Gasteiger partial charge in [0.15, 0.2) is 11.5 Å². The maximum Gasteiger partial charge on any atom is 0.271 e. The molecule has 1 amide bonds. The first kappa shape index (κ1) is 18.2. The molecule has 0 radical (unpaired) electrons. The molecule has 4 rings (SSSR count). The number of hydrogen-bond acceptors (Lipinski definition) is 6. The lowest BCUT2D eigenvalue weighted by atomic mass is 10.2. The molecule has 0 aliphatic carbocycles. The number of rotatable bonds is 5. The fraction of sp³-hybridized carbons (Fsp3) is 0.100. The van der Waals surface area contributed by atoms with E-state index in [0.717, 1.165) is 5.69 Å². The first-order valence-electron chi connectivity index (χ1n) is 8.77. The molecule has 2 heterocycles. The molecule has 0 saturated heterocycles. The number of ether oxygens (including phenoxy) is 2. The predicted molar refractivity (Wildman–Crippen MR) is 105 cm³/mol. The lowest BCUT2D eigenvalue weighted by Gasteiger charge is -2.18. The largest absolute Gasteiger partial charge is 0.486 e. The predicted octanol–water partition coefficient (Wildman–Crippen LogP) is 2.92. The first-order valence-corrected chi connectivity index (χ1v) is 8.77. The van der Waals surface area contributed by atoms with Crippen LogP contribution in [0.3, 0.4) is 0 Å². The molecule has 1 aliphatic heterocycles. The third-order valence-electron chi connectivity index (χ3n) is 4.29. The Morgan fingerprint density at radius 2 is 1.86 bits per heavy atom. The maximum absolute atomic E-state index is 12.3. The minimum absolute atomic E-state index is 0.0165. The number of nitrogens with zero attached hydrogens (tertiary/aromatic N) is 3. The van der Waals surface area contributed by atoms with Crippen molar-refractivity contribution in [2.45, 2.75) is 0 Å². The van der Waals surface area contributed by atoms with Gasteiger partial charge in [0.05, 0.1) is 16.8 Å². The van der Waals surface area contributed by atoms with Crippen molar-refractivity contribution in [3.63, 3.8) is 0 Å². The van der Waals surface area contributed by atoms with Crippen LogP contribution in [0.5, 0.6) is 11.5 Å². The molecule has 3 aromatic rings. The van der Waals surface area contributed by atoms with Crippen molar-refractivity contribution in [2.75, 3.05) is 13.2 Å². The van der Waals surface area contributed by atoms with Crippen LogP contribution in [0.2, 0.25) is 0 Å². The maximum atomic E-state index is 12.3. The van der Waals surface area contributed by atoms with Gasteiger partial charge in [-0.3, -0.25) is 14.9 Å². The average molecular weight is 392 g/mol. The Bertz CT molecular complexity index is 1090. The number of fused-ring (bicyclic) bond motifs is 1. The van der Waals surface area contributed by atoms with Crippen LogP contribution in [0.1, 0.15) is 16.1 Å². The molecular formula is C20H16N4O5. The summed E-state index contributed by atoms with van der Waals surface area (Å²) >= 11 is 0. The van der Waals surface area contributed by atoms with Gasteiger partial charge in [-0.05, 0) is 42.5 Å². The number of nitrogens with one attached hydrogen (secondary N) is 1. The Labute approximate surface area is 165 Å². The standard InChI is InChI=1S/C20H16N4O5/c25-20(14-3-8-18-19(12-14)29-11-10-28-18)22-21-13-17-2-1-9-23(17)15-4-6-16(7-5-15)24(26)27/h1-9,12-13H,10-11H2,(H,22,25)/b21-13+. The highest BCUT2D eigenvalue weighted by Crippen LogP contribution is 2.30. The molecule has 2 aromatic carbocycles. The van der Waals surface area contributed by atoms with E-state index in [4.69, 9.17) is 9.47 Å². The highest BCUT2D eigenvalue weighted by molar-refractivity contribution is 5.95. The van der Waals surface area contributed by atoms with Crippen LogP contribution in [0.25, 0.3) is 5.69 Å². The van der Waals surface area contributed by atoms with Gasteiger partial charge in [-0.25, -0.2) is 5.43 Å². The van der Waals surface area contributed by atoms with Crippen LogP contribution >= 0.6 is 0 Å². The molecule has 0 atom stereocenters. The Kier molecular flexibility index (Phi) is 4.93. The zero-order valence-electron chi connectivity index (χ0n) is 15.1. The second kappa shape index (κ2) is 7.85. The molecule has 0 fully saturated rings. The number of nitro benzene ring substituents is 1. The number of nitro groups is 1. The lowest BCUT2D eigenvalue weighted by molar-refractivity contribution is -0.384. The number of benzene rings is 2. The molecule has 29 heavy (non-hydrogen) atoms. The fourth-order valence-electron chi connectivity index (χ4n) is 2.88. The lowest BCUT2D eigenvalue weighted by Crippen LogP contribution is -2.19. The molecule has 0 unspecified atom stereocenters. The summed E-state index contributed by atoms with van der Waals surface area (Å²) in [6, 6.07) is 14.7. The summed E-state index contributed by atoms with van der Waals surface area (Å²) in [5, 5.41) is 14.8. The molecule has 1 aliphatic rings. The van der Waals surface area contributed by atoms with E-state index in [-0.39, 0.29) is 11.6 Å². The van der Waals surface area contributed by atoms with Crippen molar-refractivity contribution >= 4 is 17.8 Å². The molecule has 9 heteroatoms. The normalized spacial score (nSPS) is 12.7. The van der Waals surface area contributed by atoms with Crippen LogP contribution in [-0.2, 0) is 0 Å². The smallest absolute Gasteiger partial charge is 0.271 e. The van der Waals surface area contributed by atoms with Crippen molar-refractivity contribution in [1.29, 1.82) is 0 Å². The Balaban J connectivity index is 1.46. The Hall–Kier alpha value is -4.14. The van der Waals surface area contributed by atoms with Crippen molar-refractivity contribution in [3.05, 3.63) is 82.2 Å². The van der Waals surface area contributed by atoms with Crippen LogP contribution in [0, 0.1) is 10.1 Å². The van der Waals surface area contributed by atoms with Gasteiger partial charge in [0.1, 0.15) is 13.2 Å². The summed E-state index contributed by atoms with van der Waals surface area (Å²) in [6.07, 6.45) is 3.29. The van der Waals surface area contributed by atoms with Crippen molar-refractivity contribution < 1.29 is 19.2 Å². The minimum Gasteiger partial charge on any atom is -0.486 e. The molecule has 1 aromatic heterocycles. The summed E-state index contributed by atoms with van der Waals surface area (Å²) in [4.78, 5) is 22.7. The quantitative estimate of drug-likeness (QED) is 0.408. The Morgan fingerprint density at radius 3 is 2.62 bits per heavy atom. The van der Waals surface area contributed by atoms with Gasteiger partial charge in [-0.15, -0.1) is 0 Å². The molecule has 0 spiro atoms. The summed E-state index contributed by atoms with van der Waals surface area (Å²) in [6.45, 7) is 0.924. The third kappa shape index (κ3) is 3.93. The van der Waals surface area contributed by atoms with Gasteiger partial charge in [0, 0.05) is 29.6 Å².